The van der Waals surface area contributed by atoms with Gasteiger partial charge in [-0.25, -0.2) is 0 Å². The Kier molecular flexibility index (Phi) is 2.41. The Morgan fingerprint density at radius 1 is 0.933 bits per heavy atom. The van der Waals surface area contributed by atoms with Crippen molar-refractivity contribution in [3.63, 3.8) is 0 Å². The Morgan fingerprint density at radius 3 is 2.73 bits per heavy atom. The third-order valence-electron chi connectivity index (χ3n) is 5.38. The number of allylic oxidation sites excluding steroid dienone is 2. The highest BCUT2D eigenvalue weighted by molar-refractivity contribution is 5.26. The Labute approximate surface area is 94.1 Å². The molecule has 3 aliphatic rings. The zero-order valence-corrected chi connectivity index (χ0v) is 10.1. The van der Waals surface area contributed by atoms with E-state index in [1.165, 1.54) is 64.2 Å². The molecule has 0 aromatic heterocycles. The van der Waals surface area contributed by atoms with Crippen LogP contribution < -0.4 is 0 Å². The minimum absolute atomic E-state index is 0.703. The molecule has 0 unspecified atom stereocenters. The van der Waals surface area contributed by atoms with Crippen molar-refractivity contribution < 1.29 is 0 Å². The lowest BCUT2D eigenvalue weighted by molar-refractivity contribution is 0.112. The maximum atomic E-state index is 2.58. The zero-order valence-electron chi connectivity index (χ0n) is 10.1. The first-order chi connectivity index (χ1) is 7.30. The van der Waals surface area contributed by atoms with Crippen LogP contribution >= 0.6 is 0 Å². The second-order valence-corrected chi connectivity index (χ2v) is 6.29. The van der Waals surface area contributed by atoms with Gasteiger partial charge in [-0.15, -0.1) is 0 Å². The van der Waals surface area contributed by atoms with Gasteiger partial charge in [0.15, 0.2) is 0 Å². The molecule has 0 saturated heterocycles. The Hall–Kier alpha value is -0.260. The molecule has 2 atom stereocenters. The molecule has 1 saturated carbocycles. The lowest BCUT2D eigenvalue weighted by Gasteiger charge is -2.48. The number of rotatable bonds is 0. The van der Waals surface area contributed by atoms with Gasteiger partial charge in [0.05, 0.1) is 0 Å². The van der Waals surface area contributed by atoms with Crippen LogP contribution in [0.5, 0.6) is 0 Å². The van der Waals surface area contributed by atoms with E-state index in [9.17, 15) is 0 Å². The predicted octanol–water partition coefficient (Wildman–Crippen LogP) is 4.85. The summed E-state index contributed by atoms with van der Waals surface area (Å²) in [6.07, 6.45) is 14.8. The molecule has 3 aliphatic carbocycles. The van der Waals surface area contributed by atoms with E-state index >= 15 is 0 Å². The number of hydrogen-bond donors (Lipinski definition) is 0. The van der Waals surface area contributed by atoms with Crippen molar-refractivity contribution in [1.29, 1.82) is 0 Å². The van der Waals surface area contributed by atoms with Gasteiger partial charge in [-0.05, 0) is 62.7 Å². The Balaban J connectivity index is 1.93. The first kappa shape index (κ1) is 9.93. The van der Waals surface area contributed by atoms with Crippen LogP contribution in [-0.2, 0) is 0 Å². The predicted molar refractivity (Wildman–Crippen MR) is 64.8 cm³/mol. The van der Waals surface area contributed by atoms with E-state index in [1.807, 2.05) is 11.1 Å². The van der Waals surface area contributed by atoms with Crippen molar-refractivity contribution in [2.24, 2.45) is 11.3 Å². The average Bonchev–Trinajstić information content (AvgIpc) is 2.28. The molecule has 0 heteroatoms. The largest absolute Gasteiger partial charge is 0.0707 e. The van der Waals surface area contributed by atoms with E-state index in [0.29, 0.717) is 5.41 Å². The van der Waals surface area contributed by atoms with Crippen LogP contribution in [0.1, 0.15) is 71.1 Å². The fourth-order valence-corrected chi connectivity index (χ4v) is 4.43. The molecule has 15 heavy (non-hydrogen) atoms. The van der Waals surface area contributed by atoms with Crippen molar-refractivity contribution >= 4 is 0 Å². The van der Waals surface area contributed by atoms with Gasteiger partial charge in [0.1, 0.15) is 0 Å². The van der Waals surface area contributed by atoms with E-state index in [4.69, 9.17) is 0 Å². The quantitative estimate of drug-likeness (QED) is 0.495. The summed E-state index contributed by atoms with van der Waals surface area (Å²) < 4.78 is 0. The van der Waals surface area contributed by atoms with E-state index in [1.54, 1.807) is 0 Å². The summed E-state index contributed by atoms with van der Waals surface area (Å²) in [6.45, 7) is 2.58. The standard InChI is InChI=1S/C15H24/c1-15-10-5-4-8-14(15)13-7-3-2-6-12(13)9-11-15/h14H,2-11H2,1H3/t14-,15-/m1/s1. The van der Waals surface area contributed by atoms with Crippen molar-refractivity contribution in [2.45, 2.75) is 71.1 Å². The molecule has 0 aromatic carbocycles. The molecule has 3 rings (SSSR count). The number of fused-ring (bicyclic) bond motifs is 2. The van der Waals surface area contributed by atoms with Crippen LogP contribution in [0.2, 0.25) is 0 Å². The molecule has 0 radical (unpaired) electrons. The van der Waals surface area contributed by atoms with Crippen LogP contribution in [0.25, 0.3) is 0 Å². The fourth-order valence-electron chi connectivity index (χ4n) is 4.43. The monoisotopic (exact) mass is 204 g/mol. The summed E-state index contributed by atoms with van der Waals surface area (Å²) in [5.74, 6) is 0.996. The van der Waals surface area contributed by atoms with Gasteiger partial charge in [0.2, 0.25) is 0 Å². The van der Waals surface area contributed by atoms with E-state index in [0.717, 1.165) is 5.92 Å². The third kappa shape index (κ3) is 1.57. The van der Waals surface area contributed by atoms with Gasteiger partial charge < -0.3 is 0 Å². The summed E-state index contributed by atoms with van der Waals surface area (Å²) in [5.41, 5.74) is 4.54. The Morgan fingerprint density at radius 2 is 1.80 bits per heavy atom. The molecule has 0 aromatic rings. The minimum Gasteiger partial charge on any atom is -0.0707 e. The fraction of sp³-hybridized carbons (Fsp3) is 0.867. The van der Waals surface area contributed by atoms with Crippen molar-refractivity contribution in [3.05, 3.63) is 11.1 Å². The molecule has 0 aliphatic heterocycles. The molecule has 0 N–H and O–H groups in total. The maximum Gasteiger partial charge on any atom is -0.0146 e. The average molecular weight is 204 g/mol. The van der Waals surface area contributed by atoms with E-state index < -0.39 is 0 Å². The lowest BCUT2D eigenvalue weighted by atomic mass is 9.57. The van der Waals surface area contributed by atoms with Gasteiger partial charge in [0, 0.05) is 0 Å². The van der Waals surface area contributed by atoms with Crippen LogP contribution in [0, 0.1) is 11.3 Å². The molecular formula is C15H24. The van der Waals surface area contributed by atoms with Gasteiger partial charge in [-0.2, -0.15) is 0 Å². The summed E-state index contributed by atoms with van der Waals surface area (Å²) in [5, 5.41) is 0. The SMILES string of the molecule is C[C@]12CCCC[C@@H]1C1=C(CCCC1)CC2. The topological polar surface area (TPSA) is 0 Å². The molecule has 0 bridgehead atoms. The molecular weight excluding hydrogens is 180 g/mol. The number of hydrogen-bond acceptors (Lipinski definition) is 0. The van der Waals surface area contributed by atoms with E-state index in [-0.39, 0.29) is 0 Å². The lowest BCUT2D eigenvalue weighted by Crippen LogP contribution is -2.36. The van der Waals surface area contributed by atoms with Crippen molar-refractivity contribution in [1.82, 2.24) is 0 Å². The van der Waals surface area contributed by atoms with Crippen molar-refractivity contribution in [3.8, 4) is 0 Å². The summed E-state index contributed by atoms with van der Waals surface area (Å²) in [6, 6.07) is 0. The van der Waals surface area contributed by atoms with Crippen molar-refractivity contribution in [2.75, 3.05) is 0 Å². The summed E-state index contributed by atoms with van der Waals surface area (Å²) >= 11 is 0. The summed E-state index contributed by atoms with van der Waals surface area (Å²) in [4.78, 5) is 0. The van der Waals surface area contributed by atoms with Gasteiger partial charge >= 0.3 is 0 Å². The van der Waals surface area contributed by atoms with Crippen LogP contribution in [0.3, 0.4) is 0 Å². The summed E-state index contributed by atoms with van der Waals surface area (Å²) in [7, 11) is 0. The first-order valence-corrected chi connectivity index (χ1v) is 7.00. The smallest absolute Gasteiger partial charge is 0.0146 e. The van der Waals surface area contributed by atoms with Crippen LogP contribution in [-0.4, -0.2) is 0 Å². The van der Waals surface area contributed by atoms with E-state index in [2.05, 4.69) is 6.92 Å². The maximum absolute atomic E-state index is 2.58. The van der Waals surface area contributed by atoms with Crippen LogP contribution in [0.15, 0.2) is 11.1 Å². The minimum atomic E-state index is 0.703. The highest BCUT2D eigenvalue weighted by atomic mass is 14.5. The Bertz CT molecular complexity index is 286. The van der Waals surface area contributed by atoms with Gasteiger partial charge in [-0.1, -0.05) is 30.9 Å². The highest BCUT2D eigenvalue weighted by Crippen LogP contribution is 2.54. The highest BCUT2D eigenvalue weighted by Gasteiger charge is 2.42. The molecule has 0 nitrogen and oxygen atoms in total. The molecule has 84 valence electrons. The van der Waals surface area contributed by atoms with Gasteiger partial charge in [0.25, 0.3) is 0 Å². The zero-order chi connectivity index (χ0) is 10.3. The van der Waals surface area contributed by atoms with Gasteiger partial charge in [-0.3, -0.25) is 0 Å². The third-order valence-corrected chi connectivity index (χ3v) is 5.38. The first-order valence-electron chi connectivity index (χ1n) is 7.00. The second kappa shape index (κ2) is 3.64. The van der Waals surface area contributed by atoms with Crippen LogP contribution in [0.4, 0.5) is 0 Å². The second-order valence-electron chi connectivity index (χ2n) is 6.29. The molecule has 1 fully saturated rings. The molecule has 0 amide bonds. The molecule has 0 spiro atoms. The molecule has 0 heterocycles. The normalized spacial score (nSPS) is 41.0.